The van der Waals surface area contributed by atoms with Gasteiger partial charge >= 0.3 is 0 Å². The lowest BCUT2D eigenvalue weighted by atomic mass is 10.2. The lowest BCUT2D eigenvalue weighted by molar-refractivity contribution is 0.0537. The zero-order valence-electron chi connectivity index (χ0n) is 8.84. The normalized spacial score (nSPS) is 18.7. The molecule has 2 nitrogen and oxygen atoms in total. The molecule has 0 aromatic carbocycles. The van der Waals surface area contributed by atoms with Crippen LogP contribution < -0.4 is 0 Å². The second-order valence-electron chi connectivity index (χ2n) is 3.65. The zero-order valence-corrected chi connectivity index (χ0v) is 8.84. The van der Waals surface area contributed by atoms with Crippen molar-refractivity contribution in [3.8, 4) is 0 Å². The van der Waals surface area contributed by atoms with Crippen molar-refractivity contribution >= 4 is 0 Å². The summed E-state index contributed by atoms with van der Waals surface area (Å²) in [4.78, 5) is 2.36. The maximum Gasteiger partial charge on any atom is 0.0642 e. The average molecular weight is 181 g/mol. The molecule has 0 atom stereocenters. The van der Waals surface area contributed by atoms with Crippen LogP contribution in [0.3, 0.4) is 0 Å². The minimum Gasteiger partial charge on any atom is -0.378 e. The van der Waals surface area contributed by atoms with E-state index in [1.54, 1.807) is 0 Å². The highest BCUT2D eigenvalue weighted by atomic mass is 16.5. The fourth-order valence-electron chi connectivity index (χ4n) is 1.31. The Balaban J connectivity index is 2.49. The predicted octanol–water partition coefficient (Wildman–Crippen LogP) is 2.19. The van der Waals surface area contributed by atoms with Crippen LogP contribution in [0.5, 0.6) is 0 Å². The van der Waals surface area contributed by atoms with Crippen LogP contribution >= 0.6 is 0 Å². The Labute approximate surface area is 80.9 Å². The van der Waals surface area contributed by atoms with Crippen molar-refractivity contribution in [2.24, 2.45) is 0 Å². The smallest absolute Gasteiger partial charge is 0.0642 e. The van der Waals surface area contributed by atoms with Gasteiger partial charge in [0.05, 0.1) is 13.2 Å². The number of ether oxygens (including phenoxy) is 1. The van der Waals surface area contributed by atoms with Crippen LogP contribution in [-0.2, 0) is 4.74 Å². The maximum absolute atomic E-state index is 5.29. The van der Waals surface area contributed by atoms with Crippen LogP contribution in [0.4, 0.5) is 0 Å². The SMILES string of the molecule is CC(C)=C/C=C(\C)N1CCOCC1. The van der Waals surface area contributed by atoms with Crippen molar-refractivity contribution in [1.82, 2.24) is 4.90 Å². The second kappa shape index (κ2) is 5.07. The maximum atomic E-state index is 5.29. The Bertz CT molecular complexity index is 208. The monoisotopic (exact) mass is 181 g/mol. The van der Waals surface area contributed by atoms with Crippen LogP contribution in [0.1, 0.15) is 20.8 Å². The summed E-state index contributed by atoms with van der Waals surface area (Å²) in [5.41, 5.74) is 2.68. The average Bonchev–Trinajstić information content (AvgIpc) is 2.15. The largest absolute Gasteiger partial charge is 0.378 e. The molecule has 0 radical (unpaired) electrons. The van der Waals surface area contributed by atoms with Crippen molar-refractivity contribution in [1.29, 1.82) is 0 Å². The molecular weight excluding hydrogens is 162 g/mol. The lowest BCUT2D eigenvalue weighted by Crippen LogP contribution is -2.34. The lowest BCUT2D eigenvalue weighted by Gasteiger charge is -2.29. The molecule has 1 aliphatic heterocycles. The molecule has 1 aliphatic rings. The minimum absolute atomic E-state index is 0.861. The van der Waals surface area contributed by atoms with Crippen molar-refractivity contribution < 1.29 is 4.74 Å². The van der Waals surface area contributed by atoms with Gasteiger partial charge in [0.25, 0.3) is 0 Å². The second-order valence-corrected chi connectivity index (χ2v) is 3.65. The van der Waals surface area contributed by atoms with E-state index in [0.717, 1.165) is 26.3 Å². The summed E-state index contributed by atoms with van der Waals surface area (Å²) in [6.45, 7) is 10.2. The highest BCUT2D eigenvalue weighted by molar-refractivity contribution is 5.13. The first-order valence-corrected chi connectivity index (χ1v) is 4.84. The molecule has 1 rings (SSSR count). The Kier molecular flexibility index (Phi) is 4.03. The van der Waals surface area contributed by atoms with Gasteiger partial charge in [-0.3, -0.25) is 0 Å². The van der Waals surface area contributed by atoms with Crippen LogP contribution in [-0.4, -0.2) is 31.2 Å². The van der Waals surface area contributed by atoms with Gasteiger partial charge < -0.3 is 9.64 Å². The molecule has 0 aromatic rings. The number of morpholine rings is 1. The van der Waals surface area contributed by atoms with E-state index in [1.807, 2.05) is 0 Å². The third kappa shape index (κ3) is 3.64. The molecule has 1 fully saturated rings. The van der Waals surface area contributed by atoms with E-state index in [-0.39, 0.29) is 0 Å². The van der Waals surface area contributed by atoms with Crippen LogP contribution in [0.25, 0.3) is 0 Å². The van der Waals surface area contributed by atoms with E-state index in [9.17, 15) is 0 Å². The van der Waals surface area contributed by atoms with E-state index >= 15 is 0 Å². The molecule has 0 bridgehead atoms. The summed E-state index contributed by atoms with van der Waals surface area (Å²) in [6, 6.07) is 0. The van der Waals surface area contributed by atoms with Crippen LogP contribution in [0.15, 0.2) is 23.4 Å². The molecule has 0 aliphatic carbocycles. The number of allylic oxidation sites excluding steroid dienone is 4. The van der Waals surface area contributed by atoms with Gasteiger partial charge in [-0.1, -0.05) is 11.6 Å². The predicted molar refractivity (Wildman–Crippen MR) is 55.6 cm³/mol. The molecule has 0 N–H and O–H groups in total. The van der Waals surface area contributed by atoms with Crippen molar-refractivity contribution in [2.45, 2.75) is 20.8 Å². The minimum atomic E-state index is 0.861. The van der Waals surface area contributed by atoms with Gasteiger partial charge in [-0.2, -0.15) is 0 Å². The Hall–Kier alpha value is -0.760. The van der Waals surface area contributed by atoms with Gasteiger partial charge in [0, 0.05) is 18.8 Å². The molecule has 13 heavy (non-hydrogen) atoms. The third-order valence-electron chi connectivity index (χ3n) is 2.17. The van der Waals surface area contributed by atoms with Gasteiger partial charge in [0.15, 0.2) is 0 Å². The van der Waals surface area contributed by atoms with Crippen molar-refractivity contribution in [2.75, 3.05) is 26.3 Å². The molecule has 74 valence electrons. The third-order valence-corrected chi connectivity index (χ3v) is 2.17. The highest BCUT2D eigenvalue weighted by Gasteiger charge is 2.08. The van der Waals surface area contributed by atoms with E-state index in [2.05, 4.69) is 37.8 Å². The summed E-state index contributed by atoms with van der Waals surface area (Å²) in [5.74, 6) is 0. The van der Waals surface area contributed by atoms with Gasteiger partial charge in [0.2, 0.25) is 0 Å². The molecule has 0 amide bonds. The summed E-state index contributed by atoms with van der Waals surface area (Å²) in [5, 5.41) is 0. The molecule has 0 unspecified atom stereocenters. The summed E-state index contributed by atoms with van der Waals surface area (Å²) in [7, 11) is 0. The number of rotatable bonds is 2. The van der Waals surface area contributed by atoms with Crippen LogP contribution in [0.2, 0.25) is 0 Å². The zero-order chi connectivity index (χ0) is 9.68. The molecule has 0 aromatic heterocycles. The molecule has 1 saturated heterocycles. The van der Waals surface area contributed by atoms with E-state index in [4.69, 9.17) is 4.74 Å². The van der Waals surface area contributed by atoms with Gasteiger partial charge in [-0.15, -0.1) is 0 Å². The molecular formula is C11H19NO. The molecule has 0 spiro atoms. The first-order chi connectivity index (χ1) is 6.20. The highest BCUT2D eigenvalue weighted by Crippen LogP contribution is 2.07. The fourth-order valence-corrected chi connectivity index (χ4v) is 1.31. The number of nitrogens with zero attached hydrogens (tertiary/aromatic N) is 1. The Morgan fingerprint density at radius 1 is 1.08 bits per heavy atom. The van der Waals surface area contributed by atoms with Crippen LogP contribution in [0, 0.1) is 0 Å². The first kappa shape index (κ1) is 10.3. The quantitative estimate of drug-likeness (QED) is 0.605. The van der Waals surface area contributed by atoms with Gasteiger partial charge in [0.1, 0.15) is 0 Å². The number of hydrogen-bond donors (Lipinski definition) is 0. The summed E-state index contributed by atoms with van der Waals surface area (Å²) >= 11 is 0. The van der Waals surface area contributed by atoms with E-state index in [1.165, 1.54) is 11.3 Å². The standard InChI is InChI=1S/C11H19NO/c1-10(2)4-5-11(3)12-6-8-13-9-7-12/h4-5H,6-9H2,1-3H3/b11-5+. The van der Waals surface area contributed by atoms with E-state index < -0.39 is 0 Å². The summed E-state index contributed by atoms with van der Waals surface area (Å²) < 4.78 is 5.29. The molecule has 0 saturated carbocycles. The molecule has 1 heterocycles. The Morgan fingerprint density at radius 2 is 1.69 bits per heavy atom. The van der Waals surface area contributed by atoms with Gasteiger partial charge in [-0.05, 0) is 26.8 Å². The van der Waals surface area contributed by atoms with Crippen molar-refractivity contribution in [3.05, 3.63) is 23.4 Å². The first-order valence-electron chi connectivity index (χ1n) is 4.84. The van der Waals surface area contributed by atoms with Crippen molar-refractivity contribution in [3.63, 3.8) is 0 Å². The van der Waals surface area contributed by atoms with Gasteiger partial charge in [-0.25, -0.2) is 0 Å². The number of hydrogen-bond acceptors (Lipinski definition) is 2. The fraction of sp³-hybridized carbons (Fsp3) is 0.636. The molecule has 2 heteroatoms. The topological polar surface area (TPSA) is 12.5 Å². The summed E-state index contributed by atoms with van der Waals surface area (Å²) in [6.07, 6.45) is 4.34. The Morgan fingerprint density at radius 3 is 2.23 bits per heavy atom. The van der Waals surface area contributed by atoms with E-state index in [0.29, 0.717) is 0 Å².